The number of aromatic nitrogens is 3. The molecule has 2 aliphatic heterocycles. The standard InChI is InChI=1S/C19H22F2N4O/c20-14-5-4-6-15(21)17(14)19(26)24-11-8-13(9-12-24)18-23-22-16-7-2-1-3-10-25(16)18/h4-6,13H,1-3,7-12H2. The third-order valence-corrected chi connectivity index (χ3v) is 5.46. The summed E-state index contributed by atoms with van der Waals surface area (Å²) in [5.74, 6) is 0.123. The summed E-state index contributed by atoms with van der Waals surface area (Å²) in [6.07, 6.45) is 5.95. The molecule has 3 heterocycles. The van der Waals surface area contributed by atoms with Gasteiger partial charge in [0.2, 0.25) is 0 Å². The van der Waals surface area contributed by atoms with Crippen LogP contribution >= 0.6 is 0 Å². The SMILES string of the molecule is O=C(c1c(F)cccc1F)N1CCC(c2nnc3n2CCCCC3)CC1. The van der Waals surface area contributed by atoms with Crippen molar-refractivity contribution in [2.45, 2.75) is 51.0 Å². The highest BCUT2D eigenvalue weighted by Gasteiger charge is 2.30. The van der Waals surface area contributed by atoms with Crippen LogP contribution in [0, 0.1) is 11.6 Å². The molecule has 1 fully saturated rings. The van der Waals surface area contributed by atoms with E-state index in [0.29, 0.717) is 13.1 Å². The van der Waals surface area contributed by atoms with Gasteiger partial charge in [-0.2, -0.15) is 0 Å². The Bertz CT molecular complexity index is 792. The Balaban J connectivity index is 1.46. The summed E-state index contributed by atoms with van der Waals surface area (Å²) in [6, 6.07) is 3.51. The number of benzene rings is 1. The van der Waals surface area contributed by atoms with E-state index in [-0.39, 0.29) is 5.92 Å². The Morgan fingerprint density at radius 1 is 1.00 bits per heavy atom. The van der Waals surface area contributed by atoms with E-state index in [9.17, 15) is 13.6 Å². The predicted octanol–water partition coefficient (Wildman–Crippen LogP) is 3.30. The van der Waals surface area contributed by atoms with Gasteiger partial charge in [0.15, 0.2) is 0 Å². The number of hydrogen-bond acceptors (Lipinski definition) is 3. The molecule has 0 spiro atoms. The van der Waals surface area contributed by atoms with Crippen LogP contribution in [0.4, 0.5) is 8.78 Å². The van der Waals surface area contributed by atoms with Crippen LogP contribution in [0.2, 0.25) is 0 Å². The number of rotatable bonds is 2. The van der Waals surface area contributed by atoms with Gasteiger partial charge in [0.25, 0.3) is 5.91 Å². The molecule has 0 aliphatic carbocycles. The van der Waals surface area contributed by atoms with Crippen molar-refractivity contribution in [2.75, 3.05) is 13.1 Å². The first-order valence-corrected chi connectivity index (χ1v) is 9.30. The van der Waals surface area contributed by atoms with Crippen LogP contribution in [-0.4, -0.2) is 38.7 Å². The number of fused-ring (bicyclic) bond motifs is 1. The Labute approximate surface area is 151 Å². The van der Waals surface area contributed by atoms with Crippen LogP contribution < -0.4 is 0 Å². The lowest BCUT2D eigenvalue weighted by molar-refractivity contribution is 0.0700. The van der Waals surface area contributed by atoms with Crippen LogP contribution in [-0.2, 0) is 13.0 Å². The number of aryl methyl sites for hydroxylation is 1. The first-order valence-electron chi connectivity index (χ1n) is 9.30. The van der Waals surface area contributed by atoms with Crippen molar-refractivity contribution >= 4 is 5.91 Å². The fourth-order valence-corrected chi connectivity index (χ4v) is 4.01. The summed E-state index contributed by atoms with van der Waals surface area (Å²) in [5, 5.41) is 8.76. The summed E-state index contributed by atoms with van der Waals surface area (Å²) >= 11 is 0. The lowest BCUT2D eigenvalue weighted by atomic mass is 9.95. The van der Waals surface area contributed by atoms with Crippen molar-refractivity contribution in [3.05, 3.63) is 47.0 Å². The van der Waals surface area contributed by atoms with Gasteiger partial charge in [-0.15, -0.1) is 10.2 Å². The molecule has 1 aromatic heterocycles. The van der Waals surface area contributed by atoms with E-state index in [4.69, 9.17) is 0 Å². The number of halogens is 2. The van der Waals surface area contributed by atoms with Gasteiger partial charge in [-0.3, -0.25) is 4.79 Å². The molecule has 138 valence electrons. The minimum absolute atomic E-state index is 0.240. The lowest BCUT2D eigenvalue weighted by Crippen LogP contribution is -2.39. The molecule has 4 rings (SSSR count). The molecule has 2 aromatic rings. The van der Waals surface area contributed by atoms with E-state index >= 15 is 0 Å². The number of carbonyl (C=O) groups excluding carboxylic acids is 1. The quantitative estimate of drug-likeness (QED) is 0.826. The summed E-state index contributed by atoms with van der Waals surface area (Å²) in [7, 11) is 0. The molecule has 0 saturated carbocycles. The highest BCUT2D eigenvalue weighted by atomic mass is 19.1. The van der Waals surface area contributed by atoms with Crippen molar-refractivity contribution in [1.29, 1.82) is 0 Å². The molecule has 1 saturated heterocycles. The number of nitrogens with zero attached hydrogens (tertiary/aromatic N) is 4. The van der Waals surface area contributed by atoms with E-state index in [1.807, 2.05) is 0 Å². The molecule has 0 bridgehead atoms. The Kier molecular flexibility index (Phi) is 4.70. The van der Waals surface area contributed by atoms with Crippen molar-refractivity contribution in [3.8, 4) is 0 Å². The molecular weight excluding hydrogens is 338 g/mol. The molecule has 5 nitrogen and oxygen atoms in total. The normalized spacial score (nSPS) is 18.5. The van der Waals surface area contributed by atoms with Gasteiger partial charge in [-0.25, -0.2) is 8.78 Å². The van der Waals surface area contributed by atoms with E-state index in [1.165, 1.54) is 17.4 Å². The van der Waals surface area contributed by atoms with Crippen molar-refractivity contribution < 1.29 is 13.6 Å². The second-order valence-electron chi connectivity index (χ2n) is 7.10. The summed E-state index contributed by atoms with van der Waals surface area (Å²) < 4.78 is 30.0. The molecule has 1 amide bonds. The zero-order chi connectivity index (χ0) is 18.1. The summed E-state index contributed by atoms with van der Waals surface area (Å²) in [6.45, 7) is 1.90. The zero-order valence-electron chi connectivity index (χ0n) is 14.6. The van der Waals surface area contributed by atoms with Crippen LogP contribution in [0.5, 0.6) is 0 Å². The molecule has 0 radical (unpaired) electrons. The van der Waals surface area contributed by atoms with Crippen molar-refractivity contribution in [2.24, 2.45) is 0 Å². The topological polar surface area (TPSA) is 51.0 Å². The number of piperidine rings is 1. The number of likely N-dealkylation sites (tertiary alicyclic amines) is 1. The third kappa shape index (κ3) is 3.10. The molecule has 0 atom stereocenters. The van der Waals surface area contributed by atoms with Crippen LogP contribution in [0.25, 0.3) is 0 Å². The average Bonchev–Trinajstić information content (AvgIpc) is 2.90. The molecular formula is C19H22F2N4O. The molecule has 1 aromatic carbocycles. The molecule has 2 aliphatic rings. The van der Waals surface area contributed by atoms with Gasteiger partial charge in [-0.1, -0.05) is 12.5 Å². The minimum Gasteiger partial charge on any atom is -0.338 e. The van der Waals surface area contributed by atoms with E-state index in [2.05, 4.69) is 14.8 Å². The van der Waals surface area contributed by atoms with E-state index < -0.39 is 23.1 Å². The Morgan fingerprint density at radius 3 is 2.46 bits per heavy atom. The number of amides is 1. The largest absolute Gasteiger partial charge is 0.338 e. The fourth-order valence-electron chi connectivity index (χ4n) is 4.01. The first kappa shape index (κ1) is 17.1. The second-order valence-corrected chi connectivity index (χ2v) is 7.10. The molecule has 0 N–H and O–H groups in total. The maximum atomic E-state index is 13.9. The summed E-state index contributed by atoms with van der Waals surface area (Å²) in [4.78, 5) is 14.1. The maximum absolute atomic E-state index is 13.9. The van der Waals surface area contributed by atoms with Gasteiger partial charge in [0, 0.05) is 32.0 Å². The molecule has 0 unspecified atom stereocenters. The number of hydrogen-bond donors (Lipinski definition) is 0. The van der Waals surface area contributed by atoms with Crippen LogP contribution in [0.1, 0.15) is 60.0 Å². The van der Waals surface area contributed by atoms with Crippen LogP contribution in [0.3, 0.4) is 0 Å². The minimum atomic E-state index is -0.806. The highest BCUT2D eigenvalue weighted by molar-refractivity contribution is 5.94. The Morgan fingerprint density at radius 2 is 1.73 bits per heavy atom. The number of carbonyl (C=O) groups is 1. The predicted molar refractivity (Wildman–Crippen MR) is 91.8 cm³/mol. The fraction of sp³-hybridized carbons (Fsp3) is 0.526. The van der Waals surface area contributed by atoms with Gasteiger partial charge < -0.3 is 9.47 Å². The first-order chi connectivity index (χ1) is 12.6. The summed E-state index contributed by atoms with van der Waals surface area (Å²) in [5.41, 5.74) is -0.456. The smallest absolute Gasteiger partial charge is 0.259 e. The molecule has 7 heteroatoms. The maximum Gasteiger partial charge on any atom is 0.259 e. The zero-order valence-corrected chi connectivity index (χ0v) is 14.6. The van der Waals surface area contributed by atoms with E-state index in [0.717, 1.165) is 62.4 Å². The van der Waals surface area contributed by atoms with Crippen molar-refractivity contribution in [1.82, 2.24) is 19.7 Å². The average molecular weight is 360 g/mol. The van der Waals surface area contributed by atoms with Crippen LogP contribution in [0.15, 0.2) is 18.2 Å². The van der Waals surface area contributed by atoms with Gasteiger partial charge in [-0.05, 0) is 37.8 Å². The monoisotopic (exact) mass is 360 g/mol. The second kappa shape index (κ2) is 7.13. The highest BCUT2D eigenvalue weighted by Crippen LogP contribution is 2.30. The van der Waals surface area contributed by atoms with Gasteiger partial charge >= 0.3 is 0 Å². The van der Waals surface area contributed by atoms with E-state index in [1.54, 1.807) is 0 Å². The van der Waals surface area contributed by atoms with Crippen molar-refractivity contribution in [3.63, 3.8) is 0 Å². The Hall–Kier alpha value is -2.31. The van der Waals surface area contributed by atoms with Gasteiger partial charge in [0.1, 0.15) is 28.8 Å². The third-order valence-electron chi connectivity index (χ3n) is 5.46. The molecule has 26 heavy (non-hydrogen) atoms. The lowest BCUT2D eigenvalue weighted by Gasteiger charge is -2.32. The van der Waals surface area contributed by atoms with Gasteiger partial charge in [0.05, 0.1) is 0 Å².